The second-order valence-corrected chi connectivity index (χ2v) is 5.16. The summed E-state index contributed by atoms with van der Waals surface area (Å²) in [6.07, 6.45) is 7.60. The van der Waals surface area contributed by atoms with Crippen LogP contribution in [0.5, 0.6) is 0 Å². The second kappa shape index (κ2) is 5.64. The van der Waals surface area contributed by atoms with Crippen molar-refractivity contribution in [3.8, 4) is 0 Å². The first kappa shape index (κ1) is 13.1. The average molecular weight is 276 g/mol. The molecule has 1 unspecified atom stereocenters. The molecule has 108 valence electrons. The first-order valence-corrected chi connectivity index (χ1v) is 6.92. The predicted molar refractivity (Wildman–Crippen MR) is 77.4 cm³/mol. The minimum Gasteiger partial charge on any atom is -0.381 e. The number of nitrogens with one attached hydrogen (secondary N) is 2. The fraction of sp³-hybridized carbons (Fsp3) is 0.538. The lowest BCUT2D eigenvalue weighted by Crippen LogP contribution is -2.31. The summed E-state index contributed by atoms with van der Waals surface area (Å²) in [6, 6.07) is 0.319. The van der Waals surface area contributed by atoms with Crippen molar-refractivity contribution in [3.05, 3.63) is 18.6 Å². The van der Waals surface area contributed by atoms with Gasteiger partial charge < -0.3 is 19.9 Å². The molecule has 1 fully saturated rings. The van der Waals surface area contributed by atoms with Crippen LogP contribution in [0.2, 0.25) is 0 Å². The van der Waals surface area contributed by atoms with Gasteiger partial charge in [0, 0.05) is 31.6 Å². The number of aromatic nitrogens is 3. The molecule has 0 aliphatic carbocycles. The van der Waals surface area contributed by atoms with Crippen LogP contribution >= 0.6 is 0 Å². The van der Waals surface area contributed by atoms with Gasteiger partial charge in [0.1, 0.15) is 0 Å². The van der Waals surface area contributed by atoms with Gasteiger partial charge >= 0.3 is 0 Å². The Balaban J connectivity index is 1.83. The molecule has 1 atom stereocenters. The Bertz CT molecular complexity index is 577. The maximum atomic E-state index is 5.46. The molecule has 0 saturated carbocycles. The van der Waals surface area contributed by atoms with Gasteiger partial charge in [0.25, 0.3) is 0 Å². The van der Waals surface area contributed by atoms with E-state index in [4.69, 9.17) is 10.6 Å². The molecule has 4 N–H and O–H groups in total. The quantitative estimate of drug-likeness (QED) is 0.575. The molecule has 1 saturated heterocycles. The third-order valence-corrected chi connectivity index (χ3v) is 3.86. The molecule has 3 rings (SSSR count). The molecular formula is C13H20N6O. The summed E-state index contributed by atoms with van der Waals surface area (Å²) in [5.74, 6) is 7.42. The molecule has 2 aromatic heterocycles. The zero-order valence-electron chi connectivity index (χ0n) is 11.5. The number of nitrogens with zero attached hydrogens (tertiary/aromatic N) is 3. The minimum absolute atomic E-state index is 0.319. The lowest BCUT2D eigenvalue weighted by atomic mass is 9.93. The van der Waals surface area contributed by atoms with E-state index in [0.717, 1.165) is 37.5 Å². The highest BCUT2D eigenvalue weighted by Gasteiger charge is 2.21. The molecule has 2 aromatic rings. The maximum Gasteiger partial charge on any atom is 0.180 e. The van der Waals surface area contributed by atoms with E-state index >= 15 is 0 Å². The van der Waals surface area contributed by atoms with Gasteiger partial charge in [-0.25, -0.2) is 15.8 Å². The van der Waals surface area contributed by atoms with Crippen molar-refractivity contribution in [2.75, 3.05) is 24.0 Å². The van der Waals surface area contributed by atoms with E-state index in [1.165, 1.54) is 0 Å². The van der Waals surface area contributed by atoms with Gasteiger partial charge in [0.05, 0.1) is 6.20 Å². The summed E-state index contributed by atoms with van der Waals surface area (Å²) in [6.45, 7) is 3.86. The van der Waals surface area contributed by atoms with Crippen molar-refractivity contribution in [1.82, 2.24) is 14.4 Å². The molecule has 7 nitrogen and oxygen atoms in total. The standard InChI is InChI=1S/C13H20N6O/c1-9(10-2-6-20-7-3-10)16-12-13-15-4-5-19(13)8-11(17-12)18-14/h4-5,8-10,18H,2-3,6-7,14H2,1H3,(H,16,17). The van der Waals surface area contributed by atoms with E-state index < -0.39 is 0 Å². The van der Waals surface area contributed by atoms with Gasteiger partial charge in [0.2, 0.25) is 0 Å². The third-order valence-electron chi connectivity index (χ3n) is 3.86. The third kappa shape index (κ3) is 2.54. The average Bonchev–Trinajstić information content (AvgIpc) is 2.96. The zero-order chi connectivity index (χ0) is 13.9. The molecule has 1 aliphatic heterocycles. The van der Waals surface area contributed by atoms with Crippen molar-refractivity contribution in [2.45, 2.75) is 25.8 Å². The SMILES string of the molecule is CC(Nc1nc(NN)cn2ccnc12)C1CCOCC1. The number of nitrogen functional groups attached to an aromatic ring is 1. The topological polar surface area (TPSA) is 89.5 Å². The first-order valence-electron chi connectivity index (χ1n) is 6.92. The van der Waals surface area contributed by atoms with E-state index in [0.29, 0.717) is 17.8 Å². The molecule has 20 heavy (non-hydrogen) atoms. The van der Waals surface area contributed by atoms with Gasteiger partial charge in [-0.2, -0.15) is 0 Å². The Labute approximate surface area is 117 Å². The van der Waals surface area contributed by atoms with E-state index in [-0.39, 0.29) is 0 Å². The Kier molecular flexibility index (Phi) is 3.70. The summed E-state index contributed by atoms with van der Waals surface area (Å²) < 4.78 is 7.31. The molecule has 3 heterocycles. The van der Waals surface area contributed by atoms with Crippen LogP contribution in [-0.2, 0) is 4.74 Å². The minimum atomic E-state index is 0.319. The van der Waals surface area contributed by atoms with Crippen molar-refractivity contribution < 1.29 is 4.74 Å². The highest BCUT2D eigenvalue weighted by Crippen LogP contribution is 2.23. The number of fused-ring (bicyclic) bond motifs is 1. The Morgan fingerprint density at radius 2 is 2.25 bits per heavy atom. The largest absolute Gasteiger partial charge is 0.381 e. The molecular weight excluding hydrogens is 256 g/mol. The zero-order valence-corrected chi connectivity index (χ0v) is 11.5. The van der Waals surface area contributed by atoms with E-state index in [1.54, 1.807) is 6.20 Å². The Hall–Kier alpha value is -1.86. The normalized spacial score (nSPS) is 18.1. The molecule has 0 aromatic carbocycles. The van der Waals surface area contributed by atoms with Crippen molar-refractivity contribution in [1.29, 1.82) is 0 Å². The molecule has 1 aliphatic rings. The van der Waals surface area contributed by atoms with Crippen LogP contribution in [0.3, 0.4) is 0 Å². The summed E-state index contributed by atoms with van der Waals surface area (Å²) in [7, 11) is 0. The smallest absolute Gasteiger partial charge is 0.180 e. The van der Waals surface area contributed by atoms with Crippen LogP contribution in [0.4, 0.5) is 11.6 Å². The Morgan fingerprint density at radius 1 is 1.45 bits per heavy atom. The predicted octanol–water partition coefficient (Wildman–Crippen LogP) is 1.24. The van der Waals surface area contributed by atoms with Gasteiger partial charge in [-0.05, 0) is 25.7 Å². The highest BCUT2D eigenvalue weighted by atomic mass is 16.5. The van der Waals surface area contributed by atoms with Crippen LogP contribution in [0.1, 0.15) is 19.8 Å². The highest BCUT2D eigenvalue weighted by molar-refractivity contribution is 5.65. The molecule has 0 radical (unpaired) electrons. The fourth-order valence-corrected chi connectivity index (χ4v) is 2.65. The number of rotatable bonds is 4. The fourth-order valence-electron chi connectivity index (χ4n) is 2.65. The lowest BCUT2D eigenvalue weighted by Gasteiger charge is -2.28. The molecule has 7 heteroatoms. The number of nitrogens with two attached hydrogens (primary N) is 1. The number of hydrazine groups is 1. The van der Waals surface area contributed by atoms with Gasteiger partial charge in [-0.3, -0.25) is 0 Å². The summed E-state index contributed by atoms with van der Waals surface area (Å²) in [5, 5.41) is 3.47. The maximum absolute atomic E-state index is 5.46. The van der Waals surface area contributed by atoms with Crippen molar-refractivity contribution in [3.63, 3.8) is 0 Å². The van der Waals surface area contributed by atoms with E-state index in [1.807, 2.05) is 16.8 Å². The molecule has 0 spiro atoms. The number of hydrogen-bond acceptors (Lipinski definition) is 6. The second-order valence-electron chi connectivity index (χ2n) is 5.16. The summed E-state index contributed by atoms with van der Waals surface area (Å²) in [5.41, 5.74) is 3.39. The summed E-state index contributed by atoms with van der Waals surface area (Å²) in [4.78, 5) is 8.80. The monoisotopic (exact) mass is 276 g/mol. The van der Waals surface area contributed by atoms with Gasteiger partial charge in [-0.15, -0.1) is 0 Å². The van der Waals surface area contributed by atoms with Crippen LogP contribution in [0, 0.1) is 5.92 Å². The van der Waals surface area contributed by atoms with E-state index in [2.05, 4.69) is 27.6 Å². The number of ether oxygens (including phenoxy) is 1. The number of anilines is 2. The van der Waals surface area contributed by atoms with Gasteiger partial charge in [-0.1, -0.05) is 0 Å². The first-order chi connectivity index (χ1) is 9.78. The van der Waals surface area contributed by atoms with Crippen LogP contribution in [0.25, 0.3) is 5.65 Å². The van der Waals surface area contributed by atoms with Crippen LogP contribution in [-0.4, -0.2) is 33.6 Å². The van der Waals surface area contributed by atoms with E-state index in [9.17, 15) is 0 Å². The molecule has 0 amide bonds. The van der Waals surface area contributed by atoms with Crippen molar-refractivity contribution >= 4 is 17.3 Å². The summed E-state index contributed by atoms with van der Waals surface area (Å²) >= 11 is 0. The number of hydrogen-bond donors (Lipinski definition) is 3. The van der Waals surface area contributed by atoms with Crippen LogP contribution in [0.15, 0.2) is 18.6 Å². The Morgan fingerprint density at radius 3 is 3.00 bits per heavy atom. The van der Waals surface area contributed by atoms with Crippen LogP contribution < -0.4 is 16.6 Å². The number of imidazole rings is 1. The molecule has 0 bridgehead atoms. The van der Waals surface area contributed by atoms with Gasteiger partial charge in [0.15, 0.2) is 17.3 Å². The van der Waals surface area contributed by atoms with Crippen molar-refractivity contribution in [2.24, 2.45) is 11.8 Å². The lowest BCUT2D eigenvalue weighted by molar-refractivity contribution is 0.0622.